The van der Waals surface area contributed by atoms with Crippen LogP contribution in [-0.4, -0.2) is 37.9 Å². The van der Waals surface area contributed by atoms with E-state index in [0.717, 1.165) is 40.6 Å². The molecule has 0 atom stereocenters. The van der Waals surface area contributed by atoms with Crippen LogP contribution in [0.2, 0.25) is 0 Å². The summed E-state index contributed by atoms with van der Waals surface area (Å²) in [5.41, 5.74) is 4.43. The fourth-order valence-electron chi connectivity index (χ4n) is 3.79. The van der Waals surface area contributed by atoms with Crippen molar-refractivity contribution in [1.82, 2.24) is 25.0 Å². The van der Waals surface area contributed by atoms with Crippen molar-refractivity contribution in [2.45, 2.75) is 26.2 Å². The third-order valence-electron chi connectivity index (χ3n) is 5.83. The third-order valence-corrected chi connectivity index (χ3v) is 5.83. The molecule has 158 valence electrons. The molecule has 5 rings (SSSR count). The summed E-state index contributed by atoms with van der Waals surface area (Å²) in [7, 11) is 3.43. The average molecular weight is 416 g/mol. The number of hydrogen-bond donors (Lipinski definition) is 2. The number of H-pyrrole nitrogens is 1. The van der Waals surface area contributed by atoms with Crippen molar-refractivity contribution in [3.05, 3.63) is 47.7 Å². The van der Waals surface area contributed by atoms with Crippen LogP contribution in [-0.2, 0) is 7.05 Å². The van der Waals surface area contributed by atoms with Crippen molar-refractivity contribution in [3.63, 3.8) is 0 Å². The lowest BCUT2D eigenvalue weighted by Crippen LogP contribution is -2.03. The maximum Gasteiger partial charge on any atom is 0.225 e. The first-order chi connectivity index (χ1) is 15.0. The molecule has 2 N–H and O–H groups in total. The summed E-state index contributed by atoms with van der Waals surface area (Å²) in [5, 5.41) is 16.1. The molecule has 0 spiro atoms. The summed E-state index contributed by atoms with van der Waals surface area (Å²) < 4.78 is 7.21. The number of nitrogens with zero attached hydrogens (tertiary/aromatic N) is 4. The molecule has 0 radical (unpaired) electrons. The molecule has 4 aromatic rings. The van der Waals surface area contributed by atoms with Gasteiger partial charge in [0.05, 0.1) is 24.4 Å². The number of ketones is 1. The first-order valence-electron chi connectivity index (χ1n) is 10.4. The van der Waals surface area contributed by atoms with Crippen LogP contribution < -0.4 is 10.1 Å². The Kier molecular flexibility index (Phi) is 4.69. The second-order valence-electron chi connectivity index (χ2n) is 8.06. The molecule has 0 aliphatic heterocycles. The molecular weight excluding hydrogens is 392 g/mol. The molecule has 8 heteroatoms. The number of methoxy groups -OCH3 is 1. The number of anilines is 2. The maximum atomic E-state index is 12.6. The Labute approximate surface area is 179 Å². The third kappa shape index (κ3) is 3.65. The predicted molar refractivity (Wildman–Crippen MR) is 119 cm³/mol. The van der Waals surface area contributed by atoms with E-state index < -0.39 is 0 Å². The molecule has 0 saturated heterocycles. The van der Waals surface area contributed by atoms with E-state index in [1.165, 1.54) is 0 Å². The number of nitrogens with one attached hydrogen (secondary N) is 2. The van der Waals surface area contributed by atoms with Gasteiger partial charge in [-0.2, -0.15) is 10.1 Å². The second-order valence-corrected chi connectivity index (χ2v) is 8.06. The number of carbonyl (C=O) groups excluding carboxylic acids is 1. The molecule has 2 heterocycles. The Morgan fingerprint density at radius 2 is 2.13 bits per heavy atom. The zero-order valence-corrected chi connectivity index (χ0v) is 17.8. The highest BCUT2D eigenvalue weighted by Gasteiger charge is 2.26. The first kappa shape index (κ1) is 19.3. The van der Waals surface area contributed by atoms with Crippen molar-refractivity contribution in [1.29, 1.82) is 0 Å². The van der Waals surface area contributed by atoms with Crippen molar-refractivity contribution in [2.75, 3.05) is 12.4 Å². The number of carbonyl (C=O) groups is 1. The van der Waals surface area contributed by atoms with Gasteiger partial charge in [0.15, 0.2) is 11.6 Å². The van der Waals surface area contributed by atoms with E-state index in [4.69, 9.17) is 4.74 Å². The predicted octanol–water partition coefficient (Wildman–Crippen LogP) is 4.40. The second kappa shape index (κ2) is 7.54. The van der Waals surface area contributed by atoms with Gasteiger partial charge in [0.1, 0.15) is 5.75 Å². The molecule has 1 saturated carbocycles. The first-order valence-corrected chi connectivity index (χ1v) is 10.4. The molecule has 0 bridgehead atoms. The molecule has 0 unspecified atom stereocenters. The molecule has 8 nitrogen and oxygen atoms in total. The Morgan fingerprint density at radius 3 is 2.90 bits per heavy atom. The summed E-state index contributed by atoms with van der Waals surface area (Å²) in [5.74, 6) is 2.41. The summed E-state index contributed by atoms with van der Waals surface area (Å²) >= 11 is 0. The Bertz CT molecular complexity index is 1280. The van der Waals surface area contributed by atoms with Gasteiger partial charge in [-0.05, 0) is 55.5 Å². The SMILES string of the molecule is COc1cc(-c2nc(Nc3ccc4[nH]ncc4c3C)n(C)n2)ccc1C(=O)CC1CC1. The van der Waals surface area contributed by atoms with Crippen LogP contribution in [0.25, 0.3) is 22.3 Å². The lowest BCUT2D eigenvalue weighted by Gasteiger charge is -2.09. The number of fused-ring (bicyclic) bond motifs is 1. The van der Waals surface area contributed by atoms with Crippen LogP contribution in [0.1, 0.15) is 35.2 Å². The minimum Gasteiger partial charge on any atom is -0.496 e. The van der Waals surface area contributed by atoms with Gasteiger partial charge in [0.25, 0.3) is 0 Å². The quantitative estimate of drug-likeness (QED) is 0.433. The fourth-order valence-corrected chi connectivity index (χ4v) is 3.79. The van der Waals surface area contributed by atoms with E-state index in [2.05, 4.69) is 25.6 Å². The van der Waals surface area contributed by atoms with E-state index in [-0.39, 0.29) is 5.78 Å². The Hall–Kier alpha value is -3.68. The van der Waals surface area contributed by atoms with Crippen molar-refractivity contribution < 1.29 is 9.53 Å². The highest BCUT2D eigenvalue weighted by Crippen LogP contribution is 2.35. The smallest absolute Gasteiger partial charge is 0.225 e. The average Bonchev–Trinajstić information content (AvgIpc) is 3.31. The van der Waals surface area contributed by atoms with Gasteiger partial charge in [0.2, 0.25) is 5.95 Å². The van der Waals surface area contributed by atoms with Crippen LogP contribution >= 0.6 is 0 Å². The molecular formula is C23H24N6O2. The van der Waals surface area contributed by atoms with Gasteiger partial charge in [0, 0.05) is 30.1 Å². The summed E-state index contributed by atoms with van der Waals surface area (Å²) in [4.78, 5) is 17.2. The number of Topliss-reactive ketones (excluding diaryl/α,β-unsaturated/α-hetero) is 1. The zero-order valence-electron chi connectivity index (χ0n) is 17.8. The number of aromatic nitrogens is 5. The van der Waals surface area contributed by atoms with Gasteiger partial charge in [-0.25, -0.2) is 4.68 Å². The molecule has 2 aromatic heterocycles. The van der Waals surface area contributed by atoms with Crippen LogP contribution in [0.5, 0.6) is 5.75 Å². The van der Waals surface area contributed by atoms with Gasteiger partial charge in [-0.1, -0.05) is 6.07 Å². The largest absolute Gasteiger partial charge is 0.496 e. The molecule has 31 heavy (non-hydrogen) atoms. The topological polar surface area (TPSA) is 97.7 Å². The molecule has 1 aliphatic carbocycles. The fraction of sp³-hybridized carbons (Fsp3) is 0.304. The highest BCUT2D eigenvalue weighted by atomic mass is 16.5. The minimum atomic E-state index is 0.132. The molecule has 2 aromatic carbocycles. The van der Waals surface area contributed by atoms with E-state index in [9.17, 15) is 4.79 Å². The standard InChI is InChI=1S/C23H24N6O2/c1-13-17-12-24-27-19(17)9-8-18(13)25-23-26-22(28-29(23)2)15-6-7-16(21(11-15)31-3)20(30)10-14-4-5-14/h6-9,11-12,14H,4-5,10H2,1-3H3,(H,24,27)(H,25,26,28). The van der Waals surface area contributed by atoms with E-state index >= 15 is 0 Å². The summed E-state index contributed by atoms with van der Waals surface area (Å²) in [6.45, 7) is 2.04. The van der Waals surface area contributed by atoms with Gasteiger partial charge in [-0.15, -0.1) is 5.10 Å². The zero-order chi connectivity index (χ0) is 21.5. The minimum absolute atomic E-state index is 0.132. The molecule has 1 aliphatic rings. The normalized spacial score (nSPS) is 13.5. The van der Waals surface area contributed by atoms with E-state index in [1.54, 1.807) is 11.8 Å². The number of rotatable bonds is 7. The lowest BCUT2D eigenvalue weighted by atomic mass is 10.0. The Balaban J connectivity index is 1.43. The number of hydrogen-bond acceptors (Lipinski definition) is 6. The van der Waals surface area contributed by atoms with Gasteiger partial charge < -0.3 is 10.1 Å². The summed E-state index contributed by atoms with van der Waals surface area (Å²) in [6.07, 6.45) is 4.70. The maximum absolute atomic E-state index is 12.6. The monoisotopic (exact) mass is 416 g/mol. The lowest BCUT2D eigenvalue weighted by molar-refractivity contribution is 0.0973. The van der Waals surface area contributed by atoms with E-state index in [1.807, 2.05) is 50.5 Å². The van der Waals surface area contributed by atoms with Crippen LogP contribution in [0.4, 0.5) is 11.6 Å². The molecule has 0 amide bonds. The van der Waals surface area contributed by atoms with Crippen molar-refractivity contribution >= 4 is 28.3 Å². The number of ether oxygens (including phenoxy) is 1. The van der Waals surface area contributed by atoms with Crippen LogP contribution in [0.15, 0.2) is 36.5 Å². The van der Waals surface area contributed by atoms with E-state index in [0.29, 0.717) is 35.4 Å². The van der Waals surface area contributed by atoms with Crippen LogP contribution in [0.3, 0.4) is 0 Å². The van der Waals surface area contributed by atoms with Crippen LogP contribution in [0, 0.1) is 12.8 Å². The van der Waals surface area contributed by atoms with Crippen molar-refractivity contribution in [2.24, 2.45) is 13.0 Å². The Morgan fingerprint density at radius 1 is 1.29 bits per heavy atom. The molecule has 1 fully saturated rings. The van der Waals surface area contributed by atoms with Gasteiger partial charge >= 0.3 is 0 Å². The van der Waals surface area contributed by atoms with Gasteiger partial charge in [-0.3, -0.25) is 9.89 Å². The number of benzene rings is 2. The number of aryl methyl sites for hydroxylation is 2. The van der Waals surface area contributed by atoms with Crippen molar-refractivity contribution in [3.8, 4) is 17.1 Å². The summed E-state index contributed by atoms with van der Waals surface area (Å²) in [6, 6.07) is 9.51. The highest BCUT2D eigenvalue weighted by molar-refractivity contribution is 5.99. The number of aromatic amines is 1.